The molecule has 8 heteroatoms. The first kappa shape index (κ1) is 16.4. The molecule has 1 fully saturated rings. The zero-order valence-corrected chi connectivity index (χ0v) is 14.4. The number of carbonyl (C=O) groups excluding carboxylic acids is 1. The first-order chi connectivity index (χ1) is 10.9. The number of rotatable bonds is 2. The zero-order valence-electron chi connectivity index (χ0n) is 12.9. The van der Waals surface area contributed by atoms with Crippen LogP contribution < -0.4 is 9.04 Å². The average molecular weight is 359 g/mol. The lowest BCUT2D eigenvalue weighted by atomic mass is 10.1. The molecule has 2 aliphatic heterocycles. The molecule has 6 nitrogen and oxygen atoms in total. The number of amides is 1. The summed E-state index contributed by atoms with van der Waals surface area (Å²) in [5.41, 5.74) is 0.377. The third-order valence-electron chi connectivity index (χ3n) is 4.13. The minimum Gasteiger partial charge on any atom is -0.476 e. The van der Waals surface area contributed by atoms with Gasteiger partial charge in [0.1, 0.15) is 5.75 Å². The van der Waals surface area contributed by atoms with Crippen molar-refractivity contribution in [1.29, 1.82) is 0 Å². The van der Waals surface area contributed by atoms with Crippen LogP contribution in [0.15, 0.2) is 18.2 Å². The molecular weight excluding hydrogens is 340 g/mol. The van der Waals surface area contributed by atoms with Crippen molar-refractivity contribution in [2.24, 2.45) is 0 Å². The molecule has 0 N–H and O–H groups in total. The van der Waals surface area contributed by atoms with Crippen LogP contribution in [0.5, 0.6) is 5.75 Å². The second kappa shape index (κ2) is 6.20. The summed E-state index contributed by atoms with van der Waals surface area (Å²) in [5.74, 6) is 0.209. The van der Waals surface area contributed by atoms with Crippen molar-refractivity contribution < 1.29 is 17.9 Å². The second-order valence-electron chi connectivity index (χ2n) is 5.90. The summed E-state index contributed by atoms with van der Waals surface area (Å²) in [6.07, 6.45) is 3.36. The van der Waals surface area contributed by atoms with Gasteiger partial charge < -0.3 is 9.64 Å². The maximum atomic E-state index is 12.7. The van der Waals surface area contributed by atoms with Gasteiger partial charge in [0.25, 0.3) is 5.91 Å². The first-order valence-electron chi connectivity index (χ1n) is 7.59. The molecule has 0 spiro atoms. The third-order valence-corrected chi connectivity index (χ3v) is 5.52. The number of carbonyl (C=O) groups is 1. The summed E-state index contributed by atoms with van der Waals surface area (Å²) in [6, 6.07) is 4.76. The molecule has 126 valence electrons. The second-order valence-corrected chi connectivity index (χ2v) is 8.24. The molecule has 1 aromatic carbocycles. The van der Waals surface area contributed by atoms with Crippen molar-refractivity contribution in [3.8, 4) is 5.75 Å². The van der Waals surface area contributed by atoms with Crippen LogP contribution in [0.4, 0.5) is 5.69 Å². The lowest BCUT2D eigenvalue weighted by Crippen LogP contribution is -2.52. The molecule has 1 saturated heterocycles. The van der Waals surface area contributed by atoms with E-state index in [0.29, 0.717) is 29.5 Å². The van der Waals surface area contributed by atoms with Crippen LogP contribution in [0, 0.1) is 0 Å². The van der Waals surface area contributed by atoms with Gasteiger partial charge in [-0.3, -0.25) is 9.10 Å². The van der Waals surface area contributed by atoms with Gasteiger partial charge in [-0.25, -0.2) is 8.42 Å². The Balaban J connectivity index is 1.91. The molecule has 2 heterocycles. The number of hydrogen-bond acceptors (Lipinski definition) is 4. The summed E-state index contributed by atoms with van der Waals surface area (Å²) >= 11 is 5.96. The van der Waals surface area contributed by atoms with Gasteiger partial charge >= 0.3 is 0 Å². The Labute approximate surface area is 141 Å². The number of fused-ring (bicyclic) bond motifs is 1. The molecular formula is C15H19ClN2O4S. The summed E-state index contributed by atoms with van der Waals surface area (Å²) in [7, 11) is -3.53. The molecule has 0 saturated carbocycles. The Morgan fingerprint density at radius 1 is 1.26 bits per heavy atom. The predicted molar refractivity (Wildman–Crippen MR) is 88.5 cm³/mol. The summed E-state index contributed by atoms with van der Waals surface area (Å²) in [5, 5.41) is 0.418. The first-order valence-corrected chi connectivity index (χ1v) is 9.81. The maximum Gasteiger partial charge on any atom is 0.265 e. The van der Waals surface area contributed by atoms with Crippen molar-refractivity contribution in [2.75, 3.05) is 30.2 Å². The monoisotopic (exact) mass is 358 g/mol. The third kappa shape index (κ3) is 3.40. The van der Waals surface area contributed by atoms with Crippen LogP contribution in [0.1, 0.15) is 19.3 Å². The Kier molecular flexibility index (Phi) is 4.42. The molecule has 0 radical (unpaired) electrons. The van der Waals surface area contributed by atoms with E-state index in [1.54, 1.807) is 23.1 Å². The maximum absolute atomic E-state index is 12.7. The average Bonchev–Trinajstić information content (AvgIpc) is 2.53. The van der Waals surface area contributed by atoms with Crippen LogP contribution in [-0.2, 0) is 14.8 Å². The summed E-state index contributed by atoms with van der Waals surface area (Å²) in [4.78, 5) is 14.4. The molecule has 0 aliphatic carbocycles. The fraction of sp³-hybridized carbons (Fsp3) is 0.533. The number of benzene rings is 1. The SMILES string of the molecule is CS(=O)(=O)N1C[C@@H](C(=O)N2CCCCC2)Oc2ccc(Cl)cc21. The Hall–Kier alpha value is -1.47. The van der Waals surface area contributed by atoms with Gasteiger partial charge in [-0.15, -0.1) is 0 Å². The van der Waals surface area contributed by atoms with Gasteiger partial charge in [-0.1, -0.05) is 11.6 Å². The minimum atomic E-state index is -3.53. The van der Waals surface area contributed by atoms with E-state index in [1.165, 1.54) is 4.31 Å². The molecule has 1 amide bonds. The normalized spacial score (nSPS) is 21.6. The van der Waals surface area contributed by atoms with Gasteiger partial charge in [0.05, 0.1) is 18.5 Å². The van der Waals surface area contributed by atoms with Gasteiger partial charge in [0, 0.05) is 18.1 Å². The lowest BCUT2D eigenvalue weighted by Gasteiger charge is -2.37. The Morgan fingerprint density at radius 3 is 2.61 bits per heavy atom. The Morgan fingerprint density at radius 2 is 1.96 bits per heavy atom. The van der Waals surface area contributed by atoms with Crippen LogP contribution in [0.2, 0.25) is 5.02 Å². The fourth-order valence-corrected chi connectivity index (χ4v) is 4.06. The van der Waals surface area contributed by atoms with Crippen molar-refractivity contribution in [3.05, 3.63) is 23.2 Å². The highest BCUT2D eigenvalue weighted by Crippen LogP contribution is 2.37. The number of ether oxygens (including phenoxy) is 1. The number of likely N-dealkylation sites (tertiary alicyclic amines) is 1. The highest BCUT2D eigenvalue weighted by Gasteiger charge is 2.37. The number of anilines is 1. The van der Waals surface area contributed by atoms with Crippen molar-refractivity contribution >= 4 is 33.2 Å². The number of sulfonamides is 1. The van der Waals surface area contributed by atoms with E-state index >= 15 is 0 Å². The van der Waals surface area contributed by atoms with Crippen LogP contribution in [-0.4, -0.2) is 51.2 Å². The summed E-state index contributed by atoms with van der Waals surface area (Å²) in [6.45, 7) is 1.37. The number of nitrogens with zero attached hydrogens (tertiary/aromatic N) is 2. The quantitative estimate of drug-likeness (QED) is 0.809. The highest BCUT2D eigenvalue weighted by atomic mass is 35.5. The van der Waals surface area contributed by atoms with Crippen molar-refractivity contribution in [2.45, 2.75) is 25.4 Å². The highest BCUT2D eigenvalue weighted by molar-refractivity contribution is 7.92. The summed E-state index contributed by atoms with van der Waals surface area (Å²) < 4.78 is 31.2. The lowest BCUT2D eigenvalue weighted by molar-refractivity contribution is -0.139. The van der Waals surface area contributed by atoms with Gasteiger partial charge in [0.2, 0.25) is 10.0 Å². The van der Waals surface area contributed by atoms with Crippen molar-refractivity contribution in [1.82, 2.24) is 4.90 Å². The molecule has 1 aromatic rings. The van der Waals surface area contributed by atoms with Crippen LogP contribution in [0.25, 0.3) is 0 Å². The molecule has 23 heavy (non-hydrogen) atoms. The molecule has 0 bridgehead atoms. The van der Waals surface area contributed by atoms with E-state index in [2.05, 4.69) is 0 Å². The van der Waals surface area contributed by atoms with E-state index in [1.807, 2.05) is 0 Å². The van der Waals surface area contributed by atoms with E-state index in [4.69, 9.17) is 16.3 Å². The van der Waals surface area contributed by atoms with Gasteiger partial charge in [-0.2, -0.15) is 0 Å². The molecule has 2 aliphatic rings. The molecule has 1 atom stereocenters. The van der Waals surface area contributed by atoms with E-state index < -0.39 is 16.1 Å². The van der Waals surface area contributed by atoms with Crippen LogP contribution >= 0.6 is 11.6 Å². The van der Waals surface area contributed by atoms with E-state index in [-0.39, 0.29) is 12.5 Å². The Bertz CT molecular complexity index is 716. The van der Waals surface area contributed by atoms with E-state index in [9.17, 15) is 13.2 Å². The van der Waals surface area contributed by atoms with Crippen molar-refractivity contribution in [3.63, 3.8) is 0 Å². The molecule has 0 aromatic heterocycles. The standard InChI is InChI=1S/C15H19ClN2O4S/c1-23(20,21)18-10-14(15(19)17-7-3-2-4-8-17)22-13-6-5-11(16)9-12(13)18/h5-6,9,14H,2-4,7-8,10H2,1H3/t14-/m0/s1. The van der Waals surface area contributed by atoms with Crippen LogP contribution in [0.3, 0.4) is 0 Å². The predicted octanol–water partition coefficient (Wildman–Crippen LogP) is 1.88. The smallest absolute Gasteiger partial charge is 0.265 e. The fourth-order valence-electron chi connectivity index (χ4n) is 2.99. The van der Waals surface area contributed by atoms with Gasteiger partial charge in [0.15, 0.2) is 6.10 Å². The van der Waals surface area contributed by atoms with Gasteiger partial charge in [-0.05, 0) is 37.5 Å². The number of piperidine rings is 1. The number of halogens is 1. The van der Waals surface area contributed by atoms with E-state index in [0.717, 1.165) is 25.5 Å². The molecule has 0 unspecified atom stereocenters. The zero-order chi connectivity index (χ0) is 16.6. The molecule has 3 rings (SSSR count). The largest absolute Gasteiger partial charge is 0.476 e. The number of hydrogen-bond donors (Lipinski definition) is 0. The topological polar surface area (TPSA) is 66.9 Å². The minimum absolute atomic E-state index is 0.0263.